The zero-order valence-corrected chi connectivity index (χ0v) is 11.0. The molecule has 2 rings (SSSR count). The van der Waals surface area contributed by atoms with E-state index in [0.717, 1.165) is 17.1 Å². The lowest BCUT2D eigenvalue weighted by Gasteiger charge is -2.08. The van der Waals surface area contributed by atoms with Crippen LogP contribution in [0.3, 0.4) is 0 Å². The molecule has 3 heteroatoms. The second-order valence-electron chi connectivity index (χ2n) is 4.00. The molecule has 0 radical (unpaired) electrons. The van der Waals surface area contributed by atoms with Crippen LogP contribution in [-0.2, 0) is 11.3 Å². The molecule has 19 heavy (non-hydrogen) atoms. The Bertz CT molecular complexity index is 465. The van der Waals surface area contributed by atoms with E-state index in [1.807, 2.05) is 61.5 Å². The van der Waals surface area contributed by atoms with Gasteiger partial charge in [0.25, 0.3) is 0 Å². The minimum absolute atomic E-state index is 0.278. The quantitative estimate of drug-likeness (QED) is 0.560. The van der Waals surface area contributed by atoms with Gasteiger partial charge in [0.1, 0.15) is 18.1 Å². The van der Waals surface area contributed by atoms with Crippen molar-refractivity contribution < 1.29 is 14.2 Å². The van der Waals surface area contributed by atoms with Gasteiger partial charge in [-0.2, -0.15) is 0 Å². The first kappa shape index (κ1) is 13.4. The summed E-state index contributed by atoms with van der Waals surface area (Å²) in [4.78, 5) is 0. The van der Waals surface area contributed by atoms with Gasteiger partial charge < -0.3 is 14.2 Å². The minimum atomic E-state index is 0.278. The molecule has 0 aromatic heterocycles. The van der Waals surface area contributed by atoms with E-state index in [2.05, 4.69) is 0 Å². The van der Waals surface area contributed by atoms with Crippen LogP contribution in [-0.4, -0.2) is 13.4 Å². The summed E-state index contributed by atoms with van der Waals surface area (Å²) in [5.74, 6) is 1.60. The van der Waals surface area contributed by atoms with Crippen molar-refractivity contribution in [2.45, 2.75) is 13.5 Å². The molecule has 0 aliphatic rings. The number of benzene rings is 2. The van der Waals surface area contributed by atoms with E-state index < -0.39 is 0 Å². The van der Waals surface area contributed by atoms with Gasteiger partial charge in [-0.1, -0.05) is 30.3 Å². The largest absolute Gasteiger partial charge is 0.489 e. The summed E-state index contributed by atoms with van der Waals surface area (Å²) in [5.41, 5.74) is 1.15. The van der Waals surface area contributed by atoms with Gasteiger partial charge in [-0.15, -0.1) is 0 Å². The molecule has 0 atom stereocenters. The molecular weight excluding hydrogens is 240 g/mol. The molecule has 0 saturated carbocycles. The molecule has 100 valence electrons. The first-order valence-corrected chi connectivity index (χ1v) is 6.36. The standard InChI is InChI=1S/C16H18O3/c1-2-17-13-19-16-10-8-15(9-11-16)18-12-14-6-4-3-5-7-14/h3-11H,2,12-13H2,1H3. The number of hydrogen-bond acceptors (Lipinski definition) is 3. The van der Waals surface area contributed by atoms with Crippen molar-refractivity contribution in [3.8, 4) is 11.5 Å². The fraction of sp³-hybridized carbons (Fsp3) is 0.250. The van der Waals surface area contributed by atoms with Crippen molar-refractivity contribution in [2.24, 2.45) is 0 Å². The Morgan fingerprint density at radius 2 is 1.42 bits per heavy atom. The molecule has 0 amide bonds. The van der Waals surface area contributed by atoms with Crippen molar-refractivity contribution in [1.29, 1.82) is 0 Å². The summed E-state index contributed by atoms with van der Waals surface area (Å²) < 4.78 is 16.2. The van der Waals surface area contributed by atoms with E-state index in [1.54, 1.807) is 0 Å². The third-order valence-corrected chi connectivity index (χ3v) is 2.59. The van der Waals surface area contributed by atoms with Crippen molar-refractivity contribution in [3.63, 3.8) is 0 Å². The van der Waals surface area contributed by atoms with E-state index in [-0.39, 0.29) is 6.79 Å². The molecule has 3 nitrogen and oxygen atoms in total. The topological polar surface area (TPSA) is 27.7 Å². The number of rotatable bonds is 7. The highest BCUT2D eigenvalue weighted by Gasteiger charge is 1.97. The zero-order valence-electron chi connectivity index (χ0n) is 11.0. The highest BCUT2D eigenvalue weighted by Crippen LogP contribution is 2.18. The molecule has 0 unspecified atom stereocenters. The lowest BCUT2D eigenvalue weighted by Crippen LogP contribution is -2.02. The van der Waals surface area contributed by atoms with Crippen molar-refractivity contribution in [1.82, 2.24) is 0 Å². The fourth-order valence-corrected chi connectivity index (χ4v) is 1.57. The maximum absolute atomic E-state index is 5.69. The molecule has 0 bridgehead atoms. The highest BCUT2D eigenvalue weighted by atomic mass is 16.7. The van der Waals surface area contributed by atoms with Crippen LogP contribution in [0.15, 0.2) is 54.6 Å². The SMILES string of the molecule is CCOCOc1ccc(OCc2ccccc2)cc1. The first-order valence-electron chi connectivity index (χ1n) is 6.36. The lowest BCUT2D eigenvalue weighted by molar-refractivity contribution is 0.0224. The lowest BCUT2D eigenvalue weighted by atomic mass is 10.2. The van der Waals surface area contributed by atoms with Crippen molar-refractivity contribution in [3.05, 3.63) is 60.2 Å². The Balaban J connectivity index is 1.81. The average molecular weight is 258 g/mol. The van der Waals surface area contributed by atoms with Gasteiger partial charge in [0.2, 0.25) is 0 Å². The Kier molecular flexibility index (Phi) is 5.26. The molecule has 0 N–H and O–H groups in total. The zero-order chi connectivity index (χ0) is 13.3. The molecule has 0 aliphatic carbocycles. The van der Waals surface area contributed by atoms with Crippen LogP contribution in [0.25, 0.3) is 0 Å². The first-order chi connectivity index (χ1) is 9.38. The maximum atomic E-state index is 5.69. The Hall–Kier alpha value is -2.00. The van der Waals surface area contributed by atoms with Crippen LogP contribution in [0.1, 0.15) is 12.5 Å². The van der Waals surface area contributed by atoms with Crippen molar-refractivity contribution in [2.75, 3.05) is 13.4 Å². The van der Waals surface area contributed by atoms with Crippen LogP contribution in [0, 0.1) is 0 Å². The van der Waals surface area contributed by atoms with Crippen LogP contribution >= 0.6 is 0 Å². The third-order valence-electron chi connectivity index (χ3n) is 2.59. The van der Waals surface area contributed by atoms with Gasteiger partial charge in [-0.05, 0) is 36.8 Å². The summed E-state index contributed by atoms with van der Waals surface area (Å²) in [6, 6.07) is 17.6. The second kappa shape index (κ2) is 7.44. The van der Waals surface area contributed by atoms with E-state index >= 15 is 0 Å². The van der Waals surface area contributed by atoms with Gasteiger partial charge in [0.05, 0.1) is 0 Å². The van der Waals surface area contributed by atoms with E-state index in [4.69, 9.17) is 14.2 Å². The minimum Gasteiger partial charge on any atom is -0.489 e. The summed E-state index contributed by atoms with van der Waals surface area (Å²) in [6.45, 7) is 3.43. The molecule has 2 aromatic carbocycles. The molecule has 0 saturated heterocycles. The monoisotopic (exact) mass is 258 g/mol. The molecule has 2 aromatic rings. The van der Waals surface area contributed by atoms with E-state index in [1.165, 1.54) is 0 Å². The van der Waals surface area contributed by atoms with Crippen molar-refractivity contribution >= 4 is 0 Å². The van der Waals surface area contributed by atoms with Gasteiger partial charge in [0.15, 0.2) is 6.79 Å². The smallest absolute Gasteiger partial charge is 0.189 e. The predicted octanol–water partition coefficient (Wildman–Crippen LogP) is 3.64. The number of hydrogen-bond donors (Lipinski definition) is 0. The normalized spacial score (nSPS) is 10.2. The number of ether oxygens (including phenoxy) is 3. The van der Waals surface area contributed by atoms with Gasteiger partial charge >= 0.3 is 0 Å². The Morgan fingerprint density at radius 3 is 2.05 bits per heavy atom. The highest BCUT2D eigenvalue weighted by molar-refractivity contribution is 5.31. The average Bonchev–Trinajstić information content (AvgIpc) is 2.48. The maximum Gasteiger partial charge on any atom is 0.189 e. The van der Waals surface area contributed by atoms with Crippen LogP contribution < -0.4 is 9.47 Å². The molecule has 0 heterocycles. The summed E-state index contributed by atoms with van der Waals surface area (Å²) in [7, 11) is 0. The fourth-order valence-electron chi connectivity index (χ4n) is 1.57. The van der Waals surface area contributed by atoms with E-state index in [9.17, 15) is 0 Å². The molecule has 0 spiro atoms. The van der Waals surface area contributed by atoms with E-state index in [0.29, 0.717) is 13.2 Å². The van der Waals surface area contributed by atoms with Gasteiger partial charge in [-0.3, -0.25) is 0 Å². The summed E-state index contributed by atoms with van der Waals surface area (Å²) in [5, 5.41) is 0. The second-order valence-corrected chi connectivity index (χ2v) is 4.00. The molecule has 0 fully saturated rings. The Labute approximate surface area is 113 Å². The van der Waals surface area contributed by atoms with Gasteiger partial charge in [-0.25, -0.2) is 0 Å². The Morgan fingerprint density at radius 1 is 0.789 bits per heavy atom. The summed E-state index contributed by atoms with van der Waals surface area (Å²) in [6.07, 6.45) is 0. The molecule has 0 aliphatic heterocycles. The predicted molar refractivity (Wildman–Crippen MR) is 74.3 cm³/mol. The van der Waals surface area contributed by atoms with Crippen LogP contribution in [0.2, 0.25) is 0 Å². The molecular formula is C16H18O3. The van der Waals surface area contributed by atoms with Gasteiger partial charge in [0, 0.05) is 6.61 Å². The van der Waals surface area contributed by atoms with Crippen LogP contribution in [0.4, 0.5) is 0 Å². The third kappa shape index (κ3) is 4.64. The van der Waals surface area contributed by atoms with Crippen LogP contribution in [0.5, 0.6) is 11.5 Å². The summed E-state index contributed by atoms with van der Waals surface area (Å²) >= 11 is 0.